The van der Waals surface area contributed by atoms with E-state index in [2.05, 4.69) is 107 Å². The van der Waals surface area contributed by atoms with Gasteiger partial charge < -0.3 is 5.11 Å². The van der Waals surface area contributed by atoms with Gasteiger partial charge in [0.05, 0.1) is 0 Å². The predicted octanol–water partition coefficient (Wildman–Crippen LogP) is 8.74. The molecule has 194 valence electrons. The molecule has 0 aromatic carbocycles. The van der Waals surface area contributed by atoms with Crippen molar-refractivity contribution in [2.45, 2.75) is 93.9 Å². The molecule has 0 spiro atoms. The SMILES string of the molecule is CC(C)(C)C1=CC(=CC2=C([O-])C(=Cc3cc(C(C)(C)C)[s+]c(C(C)(C)C)c3)C2=O)C=C(C(C)(C)C)S1. The number of Topliss-reactive ketones (excluding diaryl/α,β-unsaturated/α-hetero) is 1. The number of thioether (sulfide) groups is 1. The summed E-state index contributed by atoms with van der Waals surface area (Å²) in [5, 5.41) is 13.2. The third-order valence-electron chi connectivity index (χ3n) is 6.19. The molecule has 0 N–H and O–H groups in total. The Morgan fingerprint density at radius 2 is 1.17 bits per heavy atom. The van der Waals surface area contributed by atoms with Crippen molar-refractivity contribution in [2.24, 2.45) is 10.8 Å². The fraction of sp³-hybridized carbons (Fsp3) is 0.500. The number of carbonyl (C=O) groups is 1. The van der Waals surface area contributed by atoms with Gasteiger partial charge in [0.25, 0.3) is 0 Å². The Bertz CT molecular complexity index is 1170. The number of ketones is 1. The highest BCUT2D eigenvalue weighted by molar-refractivity contribution is 8.06. The molecule has 1 aromatic rings. The molecule has 0 saturated carbocycles. The van der Waals surface area contributed by atoms with Crippen LogP contribution >= 0.6 is 23.1 Å². The first kappa shape index (κ1) is 28.7. The van der Waals surface area contributed by atoms with E-state index in [9.17, 15) is 9.90 Å². The van der Waals surface area contributed by atoms with Crippen LogP contribution in [0.15, 0.2) is 62.6 Å². The van der Waals surface area contributed by atoms with Crippen molar-refractivity contribution in [3.05, 3.63) is 78.0 Å². The van der Waals surface area contributed by atoms with Crippen LogP contribution in [0.4, 0.5) is 0 Å². The van der Waals surface area contributed by atoms with Gasteiger partial charge in [0, 0.05) is 34.1 Å². The smallest absolute Gasteiger partial charge is 0.219 e. The highest BCUT2D eigenvalue weighted by atomic mass is 32.2. The average Bonchev–Trinajstić information content (AvgIpc) is 2.72. The Labute approximate surface area is 227 Å². The second-order valence-electron chi connectivity index (χ2n) is 14.0. The van der Waals surface area contributed by atoms with Gasteiger partial charge >= 0.3 is 0 Å². The second-order valence-corrected chi connectivity index (χ2v) is 16.2. The Morgan fingerprint density at radius 1 is 0.722 bits per heavy atom. The van der Waals surface area contributed by atoms with Crippen LogP contribution in [0.3, 0.4) is 0 Å². The fourth-order valence-electron chi connectivity index (χ4n) is 3.72. The molecule has 0 fully saturated rings. The van der Waals surface area contributed by atoms with Crippen LogP contribution in [0, 0.1) is 10.8 Å². The van der Waals surface area contributed by atoms with Crippen LogP contribution in [-0.4, -0.2) is 5.78 Å². The summed E-state index contributed by atoms with van der Waals surface area (Å²) in [5.41, 5.74) is 2.36. The first-order valence-electron chi connectivity index (χ1n) is 12.7. The Hall–Kier alpha value is -1.91. The van der Waals surface area contributed by atoms with Crippen molar-refractivity contribution >= 4 is 35.0 Å². The molecule has 2 nitrogen and oxygen atoms in total. The maximum atomic E-state index is 13.2. The van der Waals surface area contributed by atoms with Crippen molar-refractivity contribution in [3.8, 4) is 0 Å². The number of carbonyl (C=O) groups excluding carboxylic acids is 1. The van der Waals surface area contributed by atoms with E-state index in [0.29, 0.717) is 0 Å². The molecule has 0 saturated heterocycles. The predicted molar refractivity (Wildman–Crippen MR) is 157 cm³/mol. The third kappa shape index (κ3) is 6.31. The lowest BCUT2D eigenvalue weighted by atomic mass is 9.84. The zero-order chi connectivity index (χ0) is 27.4. The number of allylic oxidation sites excluding steroid dienone is 8. The van der Waals surface area contributed by atoms with Gasteiger partial charge in [0.15, 0.2) is 5.78 Å². The van der Waals surface area contributed by atoms with Crippen molar-refractivity contribution in [3.63, 3.8) is 0 Å². The van der Waals surface area contributed by atoms with Crippen LogP contribution in [0.1, 0.15) is 98.4 Å². The zero-order valence-corrected chi connectivity index (χ0v) is 25.7. The van der Waals surface area contributed by atoms with Crippen molar-refractivity contribution in [1.29, 1.82) is 0 Å². The topological polar surface area (TPSA) is 40.1 Å². The zero-order valence-electron chi connectivity index (χ0n) is 24.1. The van der Waals surface area contributed by atoms with Crippen LogP contribution in [0.25, 0.3) is 6.08 Å². The molecular weight excluding hydrogens is 480 g/mol. The highest BCUT2D eigenvalue weighted by Gasteiger charge is 2.33. The molecular formula is C32H42O2S2. The molecule has 36 heavy (non-hydrogen) atoms. The van der Waals surface area contributed by atoms with E-state index in [1.54, 1.807) is 35.3 Å². The highest BCUT2D eigenvalue weighted by Crippen LogP contribution is 2.49. The summed E-state index contributed by atoms with van der Waals surface area (Å²) in [6.07, 6.45) is 7.82. The molecule has 1 aromatic heterocycles. The maximum absolute atomic E-state index is 13.2. The molecule has 0 amide bonds. The fourth-order valence-corrected chi connectivity index (χ4v) is 6.20. The molecule has 0 radical (unpaired) electrons. The molecule has 2 heterocycles. The molecule has 1 aliphatic carbocycles. The summed E-state index contributed by atoms with van der Waals surface area (Å²) in [4.78, 5) is 18.1. The van der Waals surface area contributed by atoms with E-state index in [-0.39, 0.29) is 44.3 Å². The number of hydrogen-bond donors (Lipinski definition) is 0. The van der Waals surface area contributed by atoms with Crippen LogP contribution in [-0.2, 0) is 15.6 Å². The lowest BCUT2D eigenvalue weighted by Crippen LogP contribution is -2.29. The summed E-state index contributed by atoms with van der Waals surface area (Å²) in [6.45, 7) is 26.3. The van der Waals surface area contributed by atoms with Gasteiger partial charge in [-0.15, -0.1) is 0 Å². The molecule has 2 aliphatic rings. The number of rotatable bonds is 2. The molecule has 3 rings (SSSR count). The van der Waals surface area contributed by atoms with E-state index in [4.69, 9.17) is 0 Å². The van der Waals surface area contributed by atoms with Gasteiger partial charge in [0.2, 0.25) is 21.1 Å². The van der Waals surface area contributed by atoms with Gasteiger partial charge in [-0.1, -0.05) is 101 Å². The first-order valence-corrected chi connectivity index (χ1v) is 14.3. The molecule has 0 atom stereocenters. The lowest BCUT2D eigenvalue weighted by molar-refractivity contribution is -0.300. The number of hydrogen-bond acceptors (Lipinski definition) is 3. The monoisotopic (exact) mass is 522 g/mol. The van der Waals surface area contributed by atoms with Gasteiger partial charge in [0.1, 0.15) is 0 Å². The van der Waals surface area contributed by atoms with Crippen LogP contribution in [0.2, 0.25) is 0 Å². The van der Waals surface area contributed by atoms with Crippen LogP contribution in [0.5, 0.6) is 0 Å². The largest absolute Gasteiger partial charge is 0.871 e. The minimum absolute atomic E-state index is 0.0122. The summed E-state index contributed by atoms with van der Waals surface area (Å²) >= 11 is 3.61. The van der Waals surface area contributed by atoms with E-state index in [1.165, 1.54) is 19.6 Å². The van der Waals surface area contributed by atoms with E-state index in [0.717, 1.165) is 11.1 Å². The van der Waals surface area contributed by atoms with Crippen molar-refractivity contribution in [1.82, 2.24) is 0 Å². The van der Waals surface area contributed by atoms with E-state index >= 15 is 0 Å². The third-order valence-corrected chi connectivity index (χ3v) is 9.99. The second kappa shape index (κ2) is 9.44. The molecule has 0 unspecified atom stereocenters. The van der Waals surface area contributed by atoms with Crippen molar-refractivity contribution < 1.29 is 9.90 Å². The lowest BCUT2D eigenvalue weighted by Gasteiger charge is -2.33. The van der Waals surface area contributed by atoms with Gasteiger partial charge in [-0.2, -0.15) is 0 Å². The van der Waals surface area contributed by atoms with Gasteiger partial charge in [-0.25, -0.2) is 0 Å². The Kier molecular flexibility index (Phi) is 7.51. The van der Waals surface area contributed by atoms with Crippen molar-refractivity contribution in [2.75, 3.05) is 0 Å². The normalized spacial score (nSPS) is 18.8. The van der Waals surface area contributed by atoms with Gasteiger partial charge in [-0.3, -0.25) is 4.79 Å². The Morgan fingerprint density at radius 3 is 1.53 bits per heavy atom. The van der Waals surface area contributed by atoms with Crippen LogP contribution < -0.4 is 5.11 Å². The Balaban J connectivity index is 2.07. The quantitative estimate of drug-likeness (QED) is 0.288. The maximum Gasteiger partial charge on any atom is 0.219 e. The van der Waals surface area contributed by atoms with E-state index in [1.807, 2.05) is 0 Å². The summed E-state index contributed by atoms with van der Waals surface area (Å²) in [7, 11) is 0. The molecule has 0 bridgehead atoms. The average molecular weight is 523 g/mol. The molecule has 4 heteroatoms. The molecule has 1 aliphatic heterocycles. The first-order chi connectivity index (χ1) is 16.2. The summed E-state index contributed by atoms with van der Waals surface area (Å²) < 4.78 is 0. The van der Waals surface area contributed by atoms with Gasteiger partial charge in [-0.05, 0) is 56.1 Å². The summed E-state index contributed by atoms with van der Waals surface area (Å²) in [5.74, 6) is -0.325. The summed E-state index contributed by atoms with van der Waals surface area (Å²) in [6, 6.07) is 4.25. The minimum atomic E-state index is -0.163. The minimum Gasteiger partial charge on any atom is -0.871 e. The van der Waals surface area contributed by atoms with E-state index < -0.39 is 0 Å². The standard InChI is InChI=1S/C32H42O2S2/c1-29(2,3)23-15-19(16-24(35-23)30(4,5)6)13-21-27(33)22(28(21)34)14-20-17-25(31(7,8)9)36-26(18-20)32(10,11)12/h13-18H,1-12H3.